The molecule has 0 spiro atoms. The van der Waals surface area contributed by atoms with Crippen LogP contribution >= 0.6 is 0 Å². The minimum Gasteiger partial charge on any atom is -0.508 e. The van der Waals surface area contributed by atoms with Crippen LogP contribution in [0.25, 0.3) is 11.3 Å². The Hall–Kier alpha value is -3.37. The van der Waals surface area contributed by atoms with Crippen LogP contribution in [0.5, 0.6) is 11.5 Å². The molecule has 174 valence electrons. The molecule has 1 fully saturated rings. The van der Waals surface area contributed by atoms with Gasteiger partial charge in [0.2, 0.25) is 0 Å². The van der Waals surface area contributed by atoms with Crippen molar-refractivity contribution in [2.45, 2.75) is 12.8 Å². The molecule has 7 nitrogen and oxygen atoms in total. The van der Waals surface area contributed by atoms with Gasteiger partial charge in [-0.25, -0.2) is 9.97 Å². The molecule has 3 aromatic rings. The van der Waals surface area contributed by atoms with Crippen LogP contribution in [0.3, 0.4) is 0 Å². The number of halogens is 3. The van der Waals surface area contributed by atoms with Gasteiger partial charge in [0, 0.05) is 36.4 Å². The molecule has 0 saturated carbocycles. The van der Waals surface area contributed by atoms with Gasteiger partial charge in [0.1, 0.15) is 23.6 Å². The minimum atomic E-state index is -4.72. The number of aromatic hydroxyl groups is 1. The predicted octanol–water partition coefficient (Wildman–Crippen LogP) is 4.05. The number of alkyl halides is 3. The van der Waals surface area contributed by atoms with Gasteiger partial charge < -0.3 is 24.8 Å². The number of phenolic OH excluding ortho intramolecular Hbond substituents is 1. The van der Waals surface area contributed by atoms with Crippen LogP contribution < -0.4 is 15.0 Å². The largest absolute Gasteiger partial charge is 0.573 e. The van der Waals surface area contributed by atoms with Gasteiger partial charge in [0.15, 0.2) is 0 Å². The summed E-state index contributed by atoms with van der Waals surface area (Å²) in [4.78, 5) is 10.6. The second kappa shape index (κ2) is 10.1. The van der Waals surface area contributed by atoms with Gasteiger partial charge in [0.05, 0.1) is 18.9 Å². The smallest absolute Gasteiger partial charge is 0.508 e. The molecule has 2 N–H and O–H groups in total. The Balaban J connectivity index is 0.000000376. The van der Waals surface area contributed by atoms with Crippen molar-refractivity contribution < 1.29 is 27.8 Å². The molecule has 0 radical (unpaired) electrons. The zero-order valence-corrected chi connectivity index (χ0v) is 17.7. The molecule has 10 heteroatoms. The van der Waals surface area contributed by atoms with Crippen molar-refractivity contribution in [1.82, 2.24) is 15.3 Å². The lowest BCUT2D eigenvalue weighted by Gasteiger charge is -2.19. The van der Waals surface area contributed by atoms with E-state index < -0.39 is 6.36 Å². The second-order valence-corrected chi connectivity index (χ2v) is 7.38. The van der Waals surface area contributed by atoms with Gasteiger partial charge in [-0.15, -0.1) is 13.2 Å². The van der Waals surface area contributed by atoms with E-state index in [9.17, 15) is 18.3 Å². The molecular formula is C23H23F3N4O3. The summed E-state index contributed by atoms with van der Waals surface area (Å²) in [6.45, 7) is 4.46. The Morgan fingerprint density at radius 1 is 1.03 bits per heavy atom. The molecule has 0 atom stereocenters. The minimum absolute atomic E-state index is 0.148. The number of fused-ring (bicyclic) bond motifs is 1. The van der Waals surface area contributed by atoms with E-state index in [1.165, 1.54) is 18.5 Å². The fourth-order valence-corrected chi connectivity index (χ4v) is 3.69. The summed E-state index contributed by atoms with van der Waals surface area (Å²) in [5.41, 5.74) is 3.16. The van der Waals surface area contributed by atoms with E-state index in [-0.39, 0.29) is 11.5 Å². The average molecular weight is 460 g/mol. The molecule has 2 aromatic carbocycles. The summed E-state index contributed by atoms with van der Waals surface area (Å²) in [5.74, 6) is 0.580. The number of benzene rings is 2. The molecule has 0 bridgehead atoms. The van der Waals surface area contributed by atoms with Gasteiger partial charge in [0.25, 0.3) is 0 Å². The van der Waals surface area contributed by atoms with E-state index >= 15 is 0 Å². The summed E-state index contributed by atoms with van der Waals surface area (Å²) in [7, 11) is 0. The van der Waals surface area contributed by atoms with Crippen molar-refractivity contribution in [3.05, 3.63) is 60.4 Å². The molecule has 2 aliphatic rings. The number of hydrogen-bond acceptors (Lipinski definition) is 7. The zero-order valence-electron chi connectivity index (χ0n) is 17.7. The highest BCUT2D eigenvalue weighted by Crippen LogP contribution is 2.38. The molecule has 0 amide bonds. The third-order valence-electron chi connectivity index (χ3n) is 5.11. The standard InChI is InChI=1S/C19H14F3N3O2.C4H9NO/c20-19(21,22)27-15-6-4-13(5-7-15)25-9-8-16-17(23-11-24-18(16)25)12-2-1-3-14(26)10-12;1-3-6-4-2-5-1/h1-7,10-11,26H,8-9H2;5H,1-4H2. The number of aromatic nitrogens is 2. The summed E-state index contributed by atoms with van der Waals surface area (Å²) in [6.07, 6.45) is -2.59. The zero-order chi connectivity index (χ0) is 23.3. The van der Waals surface area contributed by atoms with Crippen molar-refractivity contribution in [2.24, 2.45) is 0 Å². The van der Waals surface area contributed by atoms with Crippen molar-refractivity contribution in [3.8, 4) is 22.8 Å². The summed E-state index contributed by atoms with van der Waals surface area (Å²) in [5, 5.41) is 12.9. The quantitative estimate of drug-likeness (QED) is 0.611. The van der Waals surface area contributed by atoms with Gasteiger partial charge >= 0.3 is 6.36 Å². The molecule has 33 heavy (non-hydrogen) atoms. The van der Waals surface area contributed by atoms with Crippen LogP contribution in [0, 0.1) is 0 Å². The number of nitrogens with zero attached hydrogens (tertiary/aromatic N) is 3. The molecule has 0 unspecified atom stereocenters. The fraction of sp³-hybridized carbons (Fsp3) is 0.304. The Morgan fingerprint density at radius 2 is 1.79 bits per heavy atom. The van der Waals surface area contributed by atoms with Crippen LogP contribution in [-0.4, -0.2) is 54.3 Å². The first-order valence-corrected chi connectivity index (χ1v) is 10.5. The number of morpholine rings is 1. The Bertz CT molecular complexity index is 1060. The lowest BCUT2D eigenvalue weighted by molar-refractivity contribution is -0.274. The predicted molar refractivity (Wildman–Crippen MR) is 117 cm³/mol. The van der Waals surface area contributed by atoms with Gasteiger partial charge in [-0.3, -0.25) is 0 Å². The average Bonchev–Trinajstić information content (AvgIpc) is 3.24. The highest BCUT2D eigenvalue weighted by molar-refractivity contribution is 5.75. The Kier molecular flexibility index (Phi) is 6.95. The summed E-state index contributed by atoms with van der Waals surface area (Å²) in [6, 6.07) is 12.5. The molecule has 3 heterocycles. The van der Waals surface area contributed by atoms with Crippen LogP contribution in [0.15, 0.2) is 54.9 Å². The maximum Gasteiger partial charge on any atom is 0.573 e. The molecule has 0 aliphatic carbocycles. The number of phenols is 1. The fourth-order valence-electron chi connectivity index (χ4n) is 3.69. The number of anilines is 2. The Morgan fingerprint density at radius 3 is 2.39 bits per heavy atom. The van der Waals surface area contributed by atoms with Crippen molar-refractivity contribution in [2.75, 3.05) is 37.7 Å². The normalized spacial score (nSPS) is 15.4. The van der Waals surface area contributed by atoms with E-state index in [1.807, 2.05) is 11.0 Å². The van der Waals surface area contributed by atoms with Gasteiger partial charge in [-0.05, 0) is 42.8 Å². The van der Waals surface area contributed by atoms with Crippen LogP contribution in [0.4, 0.5) is 24.7 Å². The van der Waals surface area contributed by atoms with E-state index in [0.717, 1.165) is 43.1 Å². The number of hydrogen-bond donors (Lipinski definition) is 2. The van der Waals surface area contributed by atoms with E-state index in [2.05, 4.69) is 20.0 Å². The van der Waals surface area contributed by atoms with E-state index in [1.54, 1.807) is 30.3 Å². The molecule has 2 aliphatic heterocycles. The van der Waals surface area contributed by atoms with E-state index in [0.29, 0.717) is 24.5 Å². The topological polar surface area (TPSA) is 79.7 Å². The lowest BCUT2D eigenvalue weighted by Crippen LogP contribution is -2.30. The number of ether oxygens (including phenoxy) is 2. The SMILES string of the molecule is C1COCCN1.Oc1cccc(-c2ncnc3c2CCN3c2ccc(OC(F)(F)F)cc2)c1. The first-order chi connectivity index (χ1) is 15.9. The maximum absolute atomic E-state index is 12.3. The van der Waals surface area contributed by atoms with E-state index in [4.69, 9.17) is 4.74 Å². The molecule has 5 rings (SSSR count). The third kappa shape index (κ3) is 5.91. The highest BCUT2D eigenvalue weighted by atomic mass is 19.4. The number of nitrogens with one attached hydrogen (secondary N) is 1. The first-order valence-electron chi connectivity index (χ1n) is 10.5. The number of rotatable bonds is 3. The lowest BCUT2D eigenvalue weighted by atomic mass is 10.1. The first kappa shape index (κ1) is 22.8. The molecule has 1 aromatic heterocycles. The van der Waals surface area contributed by atoms with Crippen molar-refractivity contribution in [3.63, 3.8) is 0 Å². The summed E-state index contributed by atoms with van der Waals surface area (Å²) < 4.78 is 45.8. The van der Waals surface area contributed by atoms with Crippen molar-refractivity contribution >= 4 is 11.5 Å². The molecular weight excluding hydrogens is 437 g/mol. The Labute approximate surface area is 188 Å². The van der Waals surface area contributed by atoms with Crippen LogP contribution in [0.1, 0.15) is 5.56 Å². The van der Waals surface area contributed by atoms with Crippen LogP contribution in [-0.2, 0) is 11.2 Å². The third-order valence-corrected chi connectivity index (χ3v) is 5.11. The van der Waals surface area contributed by atoms with Gasteiger partial charge in [-0.2, -0.15) is 0 Å². The van der Waals surface area contributed by atoms with Gasteiger partial charge in [-0.1, -0.05) is 12.1 Å². The highest BCUT2D eigenvalue weighted by Gasteiger charge is 2.31. The second-order valence-electron chi connectivity index (χ2n) is 7.38. The summed E-state index contributed by atoms with van der Waals surface area (Å²) >= 11 is 0. The molecule has 1 saturated heterocycles. The van der Waals surface area contributed by atoms with Crippen LogP contribution in [0.2, 0.25) is 0 Å². The van der Waals surface area contributed by atoms with Crippen molar-refractivity contribution in [1.29, 1.82) is 0 Å². The monoisotopic (exact) mass is 460 g/mol. The maximum atomic E-state index is 12.3.